The van der Waals surface area contributed by atoms with Gasteiger partial charge in [0.15, 0.2) is 0 Å². The van der Waals surface area contributed by atoms with Crippen LogP contribution in [0, 0.1) is 5.92 Å². The molecule has 4 nitrogen and oxygen atoms in total. The van der Waals surface area contributed by atoms with Crippen LogP contribution in [0.1, 0.15) is 50.5 Å². The molecule has 5 rings (SSSR count). The van der Waals surface area contributed by atoms with E-state index in [1.165, 1.54) is 17.0 Å². The zero-order valence-corrected chi connectivity index (χ0v) is 24.9. The van der Waals surface area contributed by atoms with Crippen molar-refractivity contribution in [2.75, 3.05) is 13.1 Å². The fourth-order valence-corrected chi connectivity index (χ4v) is 5.98. The van der Waals surface area contributed by atoms with Crippen LogP contribution in [0.4, 0.5) is 39.5 Å². The van der Waals surface area contributed by atoms with Crippen molar-refractivity contribution >= 4 is 5.91 Å². The summed E-state index contributed by atoms with van der Waals surface area (Å²) >= 11 is 0. The average molecular weight is 682 g/mol. The van der Waals surface area contributed by atoms with Gasteiger partial charge < -0.3 is 14.4 Å². The Hall–Kier alpha value is -4.52. The molecule has 0 radical (unpaired) electrons. The predicted molar refractivity (Wildman–Crippen MR) is 157 cm³/mol. The second kappa shape index (κ2) is 13.9. The molecule has 0 aliphatic carbocycles. The van der Waals surface area contributed by atoms with E-state index in [4.69, 9.17) is 4.74 Å². The van der Waals surface area contributed by atoms with Crippen LogP contribution in [0.15, 0.2) is 103 Å². The standard InChI is InChI=1S/C35H28F9NO3/c36-33(37,38)26-17-25(18-27(19-26)34(39,40)41)32(46)45-15-14-30(47-21-22-8-7-13-28(16-22)48-35(42,43)44)29(20-45)31(23-9-3-1-4-10-23)24-11-5-2-6-12-24/h1-13,16-19,29-31H,14-15,20-21H2/t29-,30+/m1/s1. The molecule has 0 saturated carbocycles. The normalized spacial score (nSPS) is 17.4. The van der Waals surface area contributed by atoms with Crippen molar-refractivity contribution in [2.45, 2.75) is 43.8 Å². The van der Waals surface area contributed by atoms with E-state index in [9.17, 15) is 44.3 Å². The maximum atomic E-state index is 13.7. The van der Waals surface area contributed by atoms with E-state index in [-0.39, 0.29) is 32.2 Å². The molecule has 0 bridgehead atoms. The van der Waals surface area contributed by atoms with Gasteiger partial charge in [0.05, 0.1) is 23.8 Å². The molecule has 1 saturated heterocycles. The van der Waals surface area contributed by atoms with Crippen LogP contribution in [0.3, 0.4) is 0 Å². The minimum Gasteiger partial charge on any atom is -0.406 e. The first-order valence-corrected chi connectivity index (χ1v) is 14.7. The molecule has 4 aromatic carbocycles. The third-order valence-electron chi connectivity index (χ3n) is 8.06. The van der Waals surface area contributed by atoms with E-state index in [0.717, 1.165) is 17.2 Å². The number of ether oxygens (including phenoxy) is 2. The van der Waals surface area contributed by atoms with Crippen molar-refractivity contribution < 1.29 is 53.8 Å². The lowest BCUT2D eigenvalue weighted by Crippen LogP contribution is -2.49. The summed E-state index contributed by atoms with van der Waals surface area (Å²) in [5.74, 6) is -2.46. The van der Waals surface area contributed by atoms with Crippen LogP contribution in [-0.4, -0.2) is 36.4 Å². The van der Waals surface area contributed by atoms with Gasteiger partial charge >= 0.3 is 18.7 Å². The number of amides is 1. The van der Waals surface area contributed by atoms with Gasteiger partial charge in [0.25, 0.3) is 5.91 Å². The molecule has 1 heterocycles. The fraction of sp³-hybridized carbons (Fsp3) is 0.286. The van der Waals surface area contributed by atoms with Crippen molar-refractivity contribution in [1.82, 2.24) is 4.90 Å². The summed E-state index contributed by atoms with van der Waals surface area (Å²) < 4.78 is 130. The van der Waals surface area contributed by atoms with Gasteiger partial charge in [-0.15, -0.1) is 13.2 Å². The Labute approximate surface area is 269 Å². The second-order valence-corrected chi connectivity index (χ2v) is 11.3. The SMILES string of the molecule is O=C(c1cc(C(F)(F)F)cc(C(F)(F)F)c1)N1CC[C@H](OCc2cccc(OC(F)(F)F)c2)[C@H](C(c2ccccc2)c2ccccc2)C1. The van der Waals surface area contributed by atoms with E-state index < -0.39 is 65.0 Å². The summed E-state index contributed by atoms with van der Waals surface area (Å²) in [6.07, 6.45) is -15.7. The number of carbonyl (C=O) groups is 1. The number of carbonyl (C=O) groups excluding carboxylic acids is 1. The smallest absolute Gasteiger partial charge is 0.406 e. The first-order valence-electron chi connectivity index (χ1n) is 14.7. The highest BCUT2D eigenvalue weighted by molar-refractivity contribution is 5.94. The Balaban J connectivity index is 1.50. The molecule has 254 valence electrons. The number of likely N-dealkylation sites (tertiary alicyclic amines) is 1. The molecule has 0 unspecified atom stereocenters. The molecule has 0 aromatic heterocycles. The first-order chi connectivity index (χ1) is 22.6. The third-order valence-corrected chi connectivity index (χ3v) is 8.06. The summed E-state index contributed by atoms with van der Waals surface area (Å²) in [6.45, 7) is -0.305. The Morgan fingerprint density at radius 1 is 0.729 bits per heavy atom. The maximum absolute atomic E-state index is 13.7. The summed E-state index contributed by atoms with van der Waals surface area (Å²) in [7, 11) is 0. The van der Waals surface area contributed by atoms with Crippen LogP contribution in [0.5, 0.6) is 5.75 Å². The highest BCUT2D eigenvalue weighted by Crippen LogP contribution is 2.41. The van der Waals surface area contributed by atoms with E-state index in [0.29, 0.717) is 17.7 Å². The summed E-state index contributed by atoms with van der Waals surface area (Å²) in [6, 6.07) is 24.3. The lowest BCUT2D eigenvalue weighted by Gasteiger charge is -2.42. The average Bonchev–Trinajstić information content (AvgIpc) is 3.03. The summed E-state index contributed by atoms with van der Waals surface area (Å²) in [5.41, 5.74) is -1.95. The van der Waals surface area contributed by atoms with Crippen LogP contribution in [-0.2, 0) is 23.7 Å². The maximum Gasteiger partial charge on any atom is 0.573 e. The van der Waals surface area contributed by atoms with Gasteiger partial charge in [0, 0.05) is 30.5 Å². The minimum absolute atomic E-state index is 0.0325. The Kier molecular flexibility index (Phi) is 10.1. The fourth-order valence-electron chi connectivity index (χ4n) is 5.98. The molecule has 0 spiro atoms. The summed E-state index contributed by atoms with van der Waals surface area (Å²) in [4.78, 5) is 14.9. The van der Waals surface area contributed by atoms with E-state index in [1.807, 2.05) is 24.3 Å². The van der Waals surface area contributed by atoms with Gasteiger partial charge in [-0.2, -0.15) is 26.3 Å². The highest BCUT2D eigenvalue weighted by Gasteiger charge is 2.41. The number of alkyl halides is 9. The molecule has 13 heteroatoms. The van der Waals surface area contributed by atoms with Crippen LogP contribution in [0.2, 0.25) is 0 Å². The lowest BCUT2D eigenvalue weighted by molar-refractivity contribution is -0.274. The quantitative estimate of drug-likeness (QED) is 0.174. The minimum atomic E-state index is -5.13. The number of rotatable bonds is 8. The molecule has 48 heavy (non-hydrogen) atoms. The number of halogens is 9. The number of hydrogen-bond donors (Lipinski definition) is 0. The zero-order valence-electron chi connectivity index (χ0n) is 24.9. The molecular weight excluding hydrogens is 653 g/mol. The van der Waals surface area contributed by atoms with Gasteiger partial charge in [-0.05, 0) is 53.4 Å². The first kappa shape index (κ1) is 34.8. The van der Waals surface area contributed by atoms with Crippen LogP contribution in [0.25, 0.3) is 0 Å². The second-order valence-electron chi connectivity index (χ2n) is 11.3. The monoisotopic (exact) mass is 681 g/mol. The van der Waals surface area contributed by atoms with Gasteiger partial charge in [-0.1, -0.05) is 72.8 Å². The van der Waals surface area contributed by atoms with Crippen molar-refractivity contribution in [3.8, 4) is 5.75 Å². The Bertz CT molecular complexity index is 1620. The molecule has 4 aromatic rings. The Morgan fingerprint density at radius 2 is 1.29 bits per heavy atom. The van der Waals surface area contributed by atoms with Gasteiger partial charge in [0.2, 0.25) is 0 Å². The highest BCUT2D eigenvalue weighted by atomic mass is 19.4. The van der Waals surface area contributed by atoms with Crippen molar-refractivity contribution in [3.05, 3.63) is 137 Å². The van der Waals surface area contributed by atoms with Gasteiger partial charge in [0.1, 0.15) is 5.75 Å². The van der Waals surface area contributed by atoms with Crippen molar-refractivity contribution in [1.29, 1.82) is 0 Å². The van der Waals surface area contributed by atoms with E-state index in [2.05, 4.69) is 4.74 Å². The molecule has 1 amide bonds. The zero-order chi connectivity index (χ0) is 34.7. The molecular formula is C35H28F9NO3. The van der Waals surface area contributed by atoms with Crippen molar-refractivity contribution in [3.63, 3.8) is 0 Å². The van der Waals surface area contributed by atoms with Crippen LogP contribution >= 0.6 is 0 Å². The number of hydrogen-bond acceptors (Lipinski definition) is 3. The molecule has 2 atom stereocenters. The predicted octanol–water partition coefficient (Wildman–Crippen LogP) is 9.50. The van der Waals surface area contributed by atoms with Gasteiger partial charge in [-0.3, -0.25) is 4.79 Å². The summed E-state index contributed by atoms with van der Waals surface area (Å²) in [5, 5.41) is 0. The van der Waals surface area contributed by atoms with Gasteiger partial charge in [-0.25, -0.2) is 0 Å². The number of piperidine rings is 1. The number of nitrogens with zero attached hydrogens (tertiary/aromatic N) is 1. The van der Waals surface area contributed by atoms with E-state index >= 15 is 0 Å². The third kappa shape index (κ3) is 8.68. The number of benzene rings is 4. The Morgan fingerprint density at radius 3 is 1.81 bits per heavy atom. The topological polar surface area (TPSA) is 38.8 Å². The molecule has 1 aliphatic heterocycles. The molecule has 1 fully saturated rings. The van der Waals surface area contributed by atoms with Crippen molar-refractivity contribution in [2.24, 2.45) is 5.92 Å². The largest absolute Gasteiger partial charge is 0.573 e. The van der Waals surface area contributed by atoms with E-state index in [1.54, 1.807) is 42.5 Å². The molecule has 1 aliphatic rings. The van der Waals surface area contributed by atoms with Crippen LogP contribution < -0.4 is 4.74 Å². The molecule has 0 N–H and O–H groups in total. The lowest BCUT2D eigenvalue weighted by atomic mass is 9.75.